The number of rotatable bonds is 5. The summed E-state index contributed by atoms with van der Waals surface area (Å²) in [4.78, 5) is 34.2. The van der Waals surface area contributed by atoms with Gasteiger partial charge in [-0.25, -0.2) is 0 Å². The Hall–Kier alpha value is -3.47. The monoisotopic (exact) mass is 399 g/mol. The lowest BCUT2D eigenvalue weighted by atomic mass is 10.1. The van der Waals surface area contributed by atoms with E-state index in [0.29, 0.717) is 24.2 Å². The molecule has 0 radical (unpaired) electrons. The van der Waals surface area contributed by atoms with Crippen molar-refractivity contribution in [1.29, 1.82) is 0 Å². The molecule has 2 amide bonds. The number of amides is 2. The summed E-state index contributed by atoms with van der Waals surface area (Å²) in [5.41, 5.74) is 4.03. The van der Waals surface area contributed by atoms with Gasteiger partial charge in [0.1, 0.15) is 0 Å². The van der Waals surface area contributed by atoms with Gasteiger partial charge < -0.3 is 9.80 Å². The SMILES string of the molecule is CC(C)N(Cc1ccccc1)C(=O)c1cncc(C(=O)N2CCc3ccccc32)c1. The van der Waals surface area contributed by atoms with Gasteiger partial charge in [0.25, 0.3) is 11.8 Å². The van der Waals surface area contributed by atoms with Crippen molar-refractivity contribution in [3.8, 4) is 0 Å². The average molecular weight is 399 g/mol. The molecule has 2 heterocycles. The van der Waals surface area contributed by atoms with Gasteiger partial charge in [-0.05, 0) is 43.5 Å². The third kappa shape index (κ3) is 3.96. The average Bonchev–Trinajstić information content (AvgIpc) is 3.21. The van der Waals surface area contributed by atoms with Gasteiger partial charge in [0, 0.05) is 37.2 Å². The van der Waals surface area contributed by atoms with Crippen molar-refractivity contribution >= 4 is 17.5 Å². The second-order valence-electron chi connectivity index (χ2n) is 7.81. The quantitative estimate of drug-likeness (QED) is 0.641. The van der Waals surface area contributed by atoms with Crippen LogP contribution in [-0.2, 0) is 13.0 Å². The zero-order chi connectivity index (χ0) is 21.1. The lowest BCUT2D eigenvalue weighted by Gasteiger charge is -2.27. The first-order chi connectivity index (χ1) is 14.5. The van der Waals surface area contributed by atoms with Gasteiger partial charge in [0.15, 0.2) is 0 Å². The molecule has 2 aromatic carbocycles. The Morgan fingerprint density at radius 2 is 1.70 bits per heavy atom. The topological polar surface area (TPSA) is 53.5 Å². The number of anilines is 1. The third-order valence-electron chi connectivity index (χ3n) is 5.44. The molecular formula is C25H25N3O2. The van der Waals surface area contributed by atoms with E-state index >= 15 is 0 Å². The number of aromatic nitrogens is 1. The van der Waals surface area contributed by atoms with Crippen molar-refractivity contribution in [3.05, 3.63) is 95.3 Å². The minimum atomic E-state index is -0.127. The molecule has 1 aliphatic rings. The van der Waals surface area contributed by atoms with E-state index in [9.17, 15) is 9.59 Å². The zero-order valence-electron chi connectivity index (χ0n) is 17.3. The zero-order valence-corrected chi connectivity index (χ0v) is 17.3. The largest absolute Gasteiger partial charge is 0.332 e. The Morgan fingerprint density at radius 3 is 2.47 bits per heavy atom. The molecule has 0 bridgehead atoms. The predicted octanol–water partition coefficient (Wildman–Crippen LogP) is 4.34. The van der Waals surface area contributed by atoms with Crippen LogP contribution in [0.1, 0.15) is 45.7 Å². The number of benzene rings is 2. The summed E-state index contributed by atoms with van der Waals surface area (Å²) in [5.74, 6) is -0.251. The molecule has 3 aromatic rings. The summed E-state index contributed by atoms with van der Waals surface area (Å²) >= 11 is 0. The second kappa shape index (κ2) is 8.49. The first-order valence-corrected chi connectivity index (χ1v) is 10.2. The number of carbonyl (C=O) groups excluding carboxylic acids is 2. The highest BCUT2D eigenvalue weighted by atomic mass is 16.2. The molecule has 0 fully saturated rings. The highest BCUT2D eigenvalue weighted by Gasteiger charge is 2.26. The Balaban J connectivity index is 1.58. The summed E-state index contributed by atoms with van der Waals surface area (Å²) in [6.45, 7) is 5.13. The van der Waals surface area contributed by atoms with Crippen molar-refractivity contribution in [2.24, 2.45) is 0 Å². The number of pyridine rings is 1. The number of fused-ring (bicyclic) bond motifs is 1. The van der Waals surface area contributed by atoms with E-state index in [0.717, 1.165) is 17.7 Å². The van der Waals surface area contributed by atoms with E-state index < -0.39 is 0 Å². The van der Waals surface area contributed by atoms with Crippen LogP contribution in [-0.4, -0.2) is 34.3 Å². The van der Waals surface area contributed by atoms with Gasteiger partial charge in [0.2, 0.25) is 0 Å². The Labute approximate surface area is 177 Å². The van der Waals surface area contributed by atoms with Crippen LogP contribution in [0.4, 0.5) is 5.69 Å². The standard InChI is InChI=1S/C25H25N3O2/c1-18(2)28(17-19-8-4-3-5-9-19)25(30)22-14-21(15-26-16-22)24(29)27-13-12-20-10-6-7-11-23(20)27/h3-11,14-16,18H,12-13,17H2,1-2H3. The summed E-state index contributed by atoms with van der Waals surface area (Å²) < 4.78 is 0. The lowest BCUT2D eigenvalue weighted by Crippen LogP contribution is -2.36. The Morgan fingerprint density at radius 1 is 1.00 bits per heavy atom. The Kier molecular flexibility index (Phi) is 5.61. The van der Waals surface area contributed by atoms with Crippen LogP contribution in [0.25, 0.3) is 0 Å². The van der Waals surface area contributed by atoms with E-state index in [-0.39, 0.29) is 17.9 Å². The third-order valence-corrected chi connectivity index (χ3v) is 5.44. The molecule has 30 heavy (non-hydrogen) atoms. The Bertz CT molecular complexity index is 1060. The lowest BCUT2D eigenvalue weighted by molar-refractivity contribution is 0.0690. The fourth-order valence-corrected chi connectivity index (χ4v) is 3.81. The highest BCUT2D eigenvalue weighted by Crippen LogP contribution is 2.29. The van der Waals surface area contributed by atoms with Crippen molar-refractivity contribution in [1.82, 2.24) is 9.88 Å². The van der Waals surface area contributed by atoms with Gasteiger partial charge >= 0.3 is 0 Å². The summed E-state index contributed by atoms with van der Waals surface area (Å²) in [7, 11) is 0. The molecule has 1 aliphatic heterocycles. The molecule has 0 N–H and O–H groups in total. The molecular weight excluding hydrogens is 374 g/mol. The molecule has 0 aliphatic carbocycles. The fourth-order valence-electron chi connectivity index (χ4n) is 3.81. The van der Waals surface area contributed by atoms with Crippen molar-refractivity contribution in [2.75, 3.05) is 11.4 Å². The first kappa shape index (κ1) is 19.8. The molecule has 152 valence electrons. The fraction of sp³-hybridized carbons (Fsp3) is 0.240. The maximum atomic E-state index is 13.2. The van der Waals surface area contributed by atoms with Crippen molar-refractivity contribution in [3.63, 3.8) is 0 Å². The highest BCUT2D eigenvalue weighted by molar-refractivity contribution is 6.08. The molecule has 4 rings (SSSR count). The molecule has 0 atom stereocenters. The van der Waals surface area contributed by atoms with Gasteiger partial charge in [0.05, 0.1) is 11.1 Å². The summed E-state index contributed by atoms with van der Waals surface area (Å²) in [6, 6.07) is 19.5. The molecule has 0 spiro atoms. The second-order valence-corrected chi connectivity index (χ2v) is 7.81. The van der Waals surface area contributed by atoms with E-state index in [4.69, 9.17) is 0 Å². The normalized spacial score (nSPS) is 12.7. The number of para-hydroxylation sites is 1. The van der Waals surface area contributed by atoms with Gasteiger partial charge in [-0.1, -0.05) is 48.5 Å². The maximum Gasteiger partial charge on any atom is 0.259 e. The number of hydrogen-bond acceptors (Lipinski definition) is 3. The molecule has 1 aromatic heterocycles. The van der Waals surface area contributed by atoms with Crippen LogP contribution in [0.5, 0.6) is 0 Å². The first-order valence-electron chi connectivity index (χ1n) is 10.2. The van der Waals surface area contributed by atoms with Crippen molar-refractivity contribution in [2.45, 2.75) is 32.9 Å². The summed E-state index contributed by atoms with van der Waals surface area (Å²) in [6.07, 6.45) is 3.92. The minimum absolute atomic E-state index is 0.0162. The molecule has 0 unspecified atom stereocenters. The van der Waals surface area contributed by atoms with Gasteiger partial charge in [-0.15, -0.1) is 0 Å². The van der Waals surface area contributed by atoms with Crippen molar-refractivity contribution < 1.29 is 9.59 Å². The number of carbonyl (C=O) groups is 2. The van der Waals surface area contributed by atoms with E-state index in [1.54, 1.807) is 15.9 Å². The maximum absolute atomic E-state index is 13.2. The van der Waals surface area contributed by atoms with Crippen LogP contribution < -0.4 is 4.90 Å². The smallest absolute Gasteiger partial charge is 0.259 e. The van der Waals surface area contributed by atoms with Crippen LogP contribution in [0.15, 0.2) is 73.1 Å². The van der Waals surface area contributed by atoms with E-state index in [1.165, 1.54) is 18.0 Å². The molecule has 0 saturated heterocycles. The minimum Gasteiger partial charge on any atom is -0.332 e. The number of nitrogens with zero attached hydrogens (tertiary/aromatic N) is 3. The van der Waals surface area contributed by atoms with E-state index in [2.05, 4.69) is 4.98 Å². The van der Waals surface area contributed by atoms with Crippen LogP contribution in [0.3, 0.4) is 0 Å². The molecule has 0 saturated carbocycles. The van der Waals surface area contributed by atoms with Crippen LogP contribution in [0.2, 0.25) is 0 Å². The van der Waals surface area contributed by atoms with Crippen LogP contribution >= 0.6 is 0 Å². The van der Waals surface area contributed by atoms with Crippen LogP contribution in [0, 0.1) is 0 Å². The van der Waals surface area contributed by atoms with Gasteiger partial charge in [-0.3, -0.25) is 14.6 Å². The molecule has 5 nitrogen and oxygen atoms in total. The molecule has 5 heteroatoms. The predicted molar refractivity (Wildman–Crippen MR) is 118 cm³/mol. The van der Waals surface area contributed by atoms with E-state index in [1.807, 2.05) is 68.4 Å². The number of hydrogen-bond donors (Lipinski definition) is 0. The summed E-state index contributed by atoms with van der Waals surface area (Å²) in [5, 5.41) is 0. The van der Waals surface area contributed by atoms with Gasteiger partial charge in [-0.2, -0.15) is 0 Å².